The summed E-state index contributed by atoms with van der Waals surface area (Å²) in [6, 6.07) is 12.5. The van der Waals surface area contributed by atoms with Crippen LogP contribution in [0.25, 0.3) is 10.9 Å². The summed E-state index contributed by atoms with van der Waals surface area (Å²) < 4.78 is 5.63. The molecule has 1 amide bonds. The van der Waals surface area contributed by atoms with Crippen molar-refractivity contribution >= 4 is 16.8 Å². The normalized spacial score (nSPS) is 16.3. The van der Waals surface area contributed by atoms with Crippen LogP contribution in [-0.2, 0) is 0 Å². The number of fused-ring (bicyclic) bond motifs is 1. The molecule has 1 fully saturated rings. The van der Waals surface area contributed by atoms with Crippen molar-refractivity contribution in [3.63, 3.8) is 0 Å². The highest BCUT2D eigenvalue weighted by Gasteiger charge is 2.25. The smallest absolute Gasteiger partial charge is 0.252 e. The summed E-state index contributed by atoms with van der Waals surface area (Å²) in [5.41, 5.74) is 0.775. The molecule has 27 heavy (non-hydrogen) atoms. The van der Waals surface area contributed by atoms with Crippen molar-refractivity contribution in [3.8, 4) is 0 Å². The molecule has 2 N–H and O–H groups in total. The Balaban J connectivity index is 1.56. The molecule has 1 aliphatic heterocycles. The van der Waals surface area contributed by atoms with E-state index in [9.17, 15) is 9.59 Å². The van der Waals surface area contributed by atoms with Crippen LogP contribution in [0.5, 0.6) is 0 Å². The van der Waals surface area contributed by atoms with Crippen molar-refractivity contribution in [1.29, 1.82) is 0 Å². The number of carbonyl (C=O) groups is 1. The maximum absolute atomic E-state index is 12.9. The number of rotatable bonds is 5. The van der Waals surface area contributed by atoms with Crippen LogP contribution in [0, 0.1) is 0 Å². The van der Waals surface area contributed by atoms with Gasteiger partial charge in [0.15, 0.2) is 0 Å². The number of aromatic nitrogens is 1. The number of piperidine rings is 1. The molecule has 1 aliphatic rings. The predicted octanol–water partition coefficient (Wildman–Crippen LogP) is 3.08. The Morgan fingerprint density at radius 1 is 1.15 bits per heavy atom. The number of para-hydroxylation sites is 1. The Labute approximate surface area is 157 Å². The molecule has 0 saturated carbocycles. The van der Waals surface area contributed by atoms with E-state index in [-0.39, 0.29) is 17.5 Å². The van der Waals surface area contributed by atoms with Crippen molar-refractivity contribution in [1.82, 2.24) is 15.2 Å². The average molecular weight is 365 g/mol. The highest BCUT2D eigenvalue weighted by Crippen LogP contribution is 2.25. The molecule has 6 nitrogen and oxygen atoms in total. The van der Waals surface area contributed by atoms with Crippen LogP contribution >= 0.6 is 0 Å². The second-order valence-electron chi connectivity index (χ2n) is 6.93. The second kappa shape index (κ2) is 7.80. The van der Waals surface area contributed by atoms with Crippen molar-refractivity contribution in [2.45, 2.75) is 25.3 Å². The zero-order valence-electron chi connectivity index (χ0n) is 15.1. The zero-order chi connectivity index (χ0) is 18.6. The fraction of sp³-hybridized carbons (Fsp3) is 0.333. The van der Waals surface area contributed by atoms with Crippen molar-refractivity contribution in [2.75, 3.05) is 19.6 Å². The van der Waals surface area contributed by atoms with Crippen LogP contribution < -0.4 is 10.9 Å². The fourth-order valence-electron chi connectivity index (χ4n) is 3.80. The fourth-order valence-corrected chi connectivity index (χ4v) is 3.80. The summed E-state index contributed by atoms with van der Waals surface area (Å²) in [7, 11) is 0. The van der Waals surface area contributed by atoms with Crippen LogP contribution in [0.2, 0.25) is 0 Å². The Bertz CT molecular complexity index is 972. The Hall–Kier alpha value is -2.86. The number of nitrogens with one attached hydrogen (secondary N) is 2. The van der Waals surface area contributed by atoms with E-state index >= 15 is 0 Å². The molecule has 6 heteroatoms. The largest absolute Gasteiger partial charge is 0.468 e. The van der Waals surface area contributed by atoms with Crippen LogP contribution in [-0.4, -0.2) is 35.4 Å². The van der Waals surface area contributed by atoms with E-state index in [1.54, 1.807) is 12.3 Å². The summed E-state index contributed by atoms with van der Waals surface area (Å²) >= 11 is 0. The highest BCUT2D eigenvalue weighted by atomic mass is 16.3. The standard InChI is InChI=1S/C21H23N3O3/c25-20-13-16(15-7-2-3-8-17(15)23-20)21(26)22-14-18(19-9-6-12-27-19)24-10-4-1-5-11-24/h2-3,6-9,12-13,18H,1,4-5,10-11,14H2,(H,22,26)(H,23,25)/t18-/m1/s1. The molecule has 2 aromatic heterocycles. The molecule has 1 saturated heterocycles. The Morgan fingerprint density at radius 3 is 2.74 bits per heavy atom. The molecule has 0 bridgehead atoms. The van der Waals surface area contributed by atoms with Gasteiger partial charge in [0.2, 0.25) is 5.56 Å². The molecule has 140 valence electrons. The van der Waals surface area contributed by atoms with Crippen LogP contribution in [0.3, 0.4) is 0 Å². The first-order valence-electron chi connectivity index (χ1n) is 9.40. The van der Waals surface area contributed by atoms with Gasteiger partial charge >= 0.3 is 0 Å². The number of likely N-dealkylation sites (tertiary alicyclic amines) is 1. The van der Waals surface area contributed by atoms with Gasteiger partial charge in [-0.2, -0.15) is 0 Å². The number of pyridine rings is 1. The minimum absolute atomic E-state index is 0.00230. The van der Waals surface area contributed by atoms with E-state index in [2.05, 4.69) is 15.2 Å². The lowest BCUT2D eigenvalue weighted by atomic mass is 10.1. The van der Waals surface area contributed by atoms with Gasteiger partial charge in [0.1, 0.15) is 5.76 Å². The molecule has 0 spiro atoms. The lowest BCUT2D eigenvalue weighted by Crippen LogP contribution is -2.40. The molecule has 0 unspecified atom stereocenters. The Kier molecular flexibility index (Phi) is 5.07. The molecule has 0 aliphatic carbocycles. The number of nitrogens with zero attached hydrogens (tertiary/aromatic N) is 1. The number of hydrogen-bond donors (Lipinski definition) is 2. The van der Waals surface area contributed by atoms with Gasteiger partial charge in [-0.25, -0.2) is 0 Å². The summed E-state index contributed by atoms with van der Waals surface area (Å²) in [6.45, 7) is 2.43. The van der Waals surface area contributed by atoms with Gasteiger partial charge in [-0.1, -0.05) is 24.6 Å². The number of hydrogen-bond acceptors (Lipinski definition) is 4. The molecule has 3 aromatic rings. The van der Waals surface area contributed by atoms with E-state index in [1.807, 2.05) is 30.3 Å². The quantitative estimate of drug-likeness (QED) is 0.728. The molecule has 1 aromatic carbocycles. The van der Waals surface area contributed by atoms with Crippen molar-refractivity contribution in [2.24, 2.45) is 0 Å². The number of H-pyrrole nitrogens is 1. The highest BCUT2D eigenvalue weighted by molar-refractivity contribution is 6.05. The van der Waals surface area contributed by atoms with Crippen LogP contribution in [0.15, 0.2) is 57.9 Å². The van der Waals surface area contributed by atoms with Crippen LogP contribution in [0.1, 0.15) is 41.4 Å². The minimum Gasteiger partial charge on any atom is -0.468 e. The lowest BCUT2D eigenvalue weighted by molar-refractivity contribution is 0.0915. The number of carbonyl (C=O) groups excluding carboxylic acids is 1. The molecule has 4 rings (SSSR count). The maximum Gasteiger partial charge on any atom is 0.252 e. The van der Waals surface area contributed by atoms with E-state index in [1.165, 1.54) is 12.5 Å². The SMILES string of the molecule is O=C(NC[C@H](c1ccco1)N1CCCCC1)c1cc(=O)[nH]c2ccccc12. The summed E-state index contributed by atoms with van der Waals surface area (Å²) in [6.07, 6.45) is 5.22. The van der Waals surface area contributed by atoms with Crippen LogP contribution in [0.4, 0.5) is 0 Å². The third-order valence-electron chi connectivity index (χ3n) is 5.15. The zero-order valence-corrected chi connectivity index (χ0v) is 15.1. The third kappa shape index (κ3) is 3.80. The molecule has 1 atom stereocenters. The van der Waals surface area contributed by atoms with Gasteiger partial charge in [0.05, 0.1) is 17.9 Å². The average Bonchev–Trinajstić information content (AvgIpc) is 3.22. The van der Waals surface area contributed by atoms with Gasteiger partial charge in [0.25, 0.3) is 5.91 Å². The summed E-state index contributed by atoms with van der Waals surface area (Å²) in [4.78, 5) is 29.9. The third-order valence-corrected chi connectivity index (χ3v) is 5.15. The van der Waals surface area contributed by atoms with E-state index in [0.29, 0.717) is 17.6 Å². The van der Waals surface area contributed by atoms with Gasteiger partial charge < -0.3 is 14.7 Å². The summed E-state index contributed by atoms with van der Waals surface area (Å²) in [5, 5.41) is 3.75. The topological polar surface area (TPSA) is 78.3 Å². The first kappa shape index (κ1) is 17.5. The first-order chi connectivity index (χ1) is 13.2. The number of amides is 1. The molecule has 0 radical (unpaired) electrons. The van der Waals surface area contributed by atoms with E-state index in [4.69, 9.17) is 4.42 Å². The van der Waals surface area contributed by atoms with Gasteiger partial charge in [-0.05, 0) is 44.1 Å². The molecular weight excluding hydrogens is 342 g/mol. The Morgan fingerprint density at radius 2 is 1.96 bits per heavy atom. The monoisotopic (exact) mass is 365 g/mol. The lowest BCUT2D eigenvalue weighted by Gasteiger charge is -2.33. The minimum atomic E-state index is -0.280. The van der Waals surface area contributed by atoms with Crippen molar-refractivity contribution in [3.05, 3.63) is 70.4 Å². The van der Waals surface area contributed by atoms with Gasteiger partial charge in [-0.15, -0.1) is 0 Å². The predicted molar refractivity (Wildman–Crippen MR) is 104 cm³/mol. The summed E-state index contributed by atoms with van der Waals surface area (Å²) in [5.74, 6) is 0.610. The number of aromatic amines is 1. The van der Waals surface area contributed by atoms with Gasteiger partial charge in [-0.3, -0.25) is 14.5 Å². The number of furan rings is 1. The second-order valence-corrected chi connectivity index (χ2v) is 6.93. The van der Waals surface area contributed by atoms with E-state index in [0.717, 1.165) is 37.1 Å². The van der Waals surface area contributed by atoms with Gasteiger partial charge in [0, 0.05) is 23.5 Å². The first-order valence-corrected chi connectivity index (χ1v) is 9.40. The number of benzene rings is 1. The maximum atomic E-state index is 12.9. The van der Waals surface area contributed by atoms with Crippen molar-refractivity contribution < 1.29 is 9.21 Å². The van der Waals surface area contributed by atoms with E-state index < -0.39 is 0 Å². The molecular formula is C21H23N3O3. The molecule has 3 heterocycles.